The van der Waals surface area contributed by atoms with E-state index in [0.29, 0.717) is 15.8 Å². The number of hydrogen-bond donors (Lipinski definition) is 0. The van der Waals surface area contributed by atoms with Crippen LogP contribution >= 0.6 is 24.0 Å². The van der Waals surface area contributed by atoms with E-state index >= 15 is 0 Å². The first-order chi connectivity index (χ1) is 13.5. The summed E-state index contributed by atoms with van der Waals surface area (Å²) in [6, 6.07) is 8.50. The average molecular weight is 412 g/mol. The Bertz CT molecular complexity index is 977. The number of aryl methyl sites for hydroxylation is 1. The molecule has 3 heterocycles. The monoisotopic (exact) mass is 411 g/mol. The maximum Gasteiger partial charge on any atom is 0.266 e. The van der Waals surface area contributed by atoms with Crippen molar-refractivity contribution in [3.8, 4) is 0 Å². The summed E-state index contributed by atoms with van der Waals surface area (Å²) < 4.78 is 0.636. The molecule has 0 N–H and O–H groups in total. The third kappa shape index (κ3) is 3.67. The van der Waals surface area contributed by atoms with Gasteiger partial charge >= 0.3 is 0 Å². The Morgan fingerprint density at radius 1 is 1.29 bits per heavy atom. The number of thioether (sulfide) groups is 1. The molecule has 1 aromatic heterocycles. The predicted molar refractivity (Wildman–Crippen MR) is 123 cm³/mol. The number of benzene rings is 1. The zero-order valence-electron chi connectivity index (χ0n) is 16.6. The number of likely N-dealkylation sites (N-methyl/N-ethyl adjacent to an activating group) is 1. The molecular formula is C22H25N3OS2. The number of aromatic nitrogens is 1. The van der Waals surface area contributed by atoms with E-state index in [1.165, 1.54) is 30.2 Å². The number of piperidine rings is 1. The summed E-state index contributed by atoms with van der Waals surface area (Å²) in [5, 5.41) is 1.10. The van der Waals surface area contributed by atoms with Crippen LogP contribution in [-0.2, 0) is 4.79 Å². The number of pyridine rings is 1. The van der Waals surface area contributed by atoms with Gasteiger partial charge in [0.25, 0.3) is 5.91 Å². The van der Waals surface area contributed by atoms with Gasteiger partial charge in [-0.3, -0.25) is 9.69 Å². The van der Waals surface area contributed by atoms with E-state index in [4.69, 9.17) is 17.2 Å². The molecule has 6 heteroatoms. The number of nitrogens with zero attached hydrogens (tertiary/aromatic N) is 3. The highest BCUT2D eigenvalue weighted by Crippen LogP contribution is 2.35. The van der Waals surface area contributed by atoms with Crippen molar-refractivity contribution in [2.45, 2.75) is 33.6 Å². The zero-order chi connectivity index (χ0) is 19.8. The molecule has 0 radical (unpaired) electrons. The van der Waals surface area contributed by atoms with Crippen molar-refractivity contribution in [3.63, 3.8) is 0 Å². The number of carbonyl (C=O) groups is 1. The van der Waals surface area contributed by atoms with E-state index in [2.05, 4.69) is 43.0 Å². The summed E-state index contributed by atoms with van der Waals surface area (Å²) in [5.41, 5.74) is 3.21. The van der Waals surface area contributed by atoms with E-state index in [0.717, 1.165) is 41.3 Å². The molecule has 0 spiro atoms. The van der Waals surface area contributed by atoms with Gasteiger partial charge in [0.15, 0.2) is 0 Å². The minimum absolute atomic E-state index is 0.0000514. The molecule has 4 rings (SSSR count). The van der Waals surface area contributed by atoms with Crippen molar-refractivity contribution < 1.29 is 4.79 Å². The van der Waals surface area contributed by atoms with Gasteiger partial charge in [-0.25, -0.2) is 4.98 Å². The highest BCUT2D eigenvalue weighted by atomic mass is 32.2. The summed E-state index contributed by atoms with van der Waals surface area (Å²) in [5.74, 6) is 1.73. The molecule has 146 valence electrons. The van der Waals surface area contributed by atoms with Crippen LogP contribution in [0, 0.1) is 12.8 Å². The molecule has 2 aromatic rings. The van der Waals surface area contributed by atoms with Gasteiger partial charge in [0.1, 0.15) is 10.1 Å². The molecule has 2 aliphatic rings. The lowest BCUT2D eigenvalue weighted by Crippen LogP contribution is -2.34. The average Bonchev–Trinajstić information content (AvgIpc) is 2.94. The second-order valence-corrected chi connectivity index (χ2v) is 9.37. The molecule has 2 fully saturated rings. The van der Waals surface area contributed by atoms with E-state index in [1.54, 1.807) is 4.90 Å². The maximum atomic E-state index is 12.7. The van der Waals surface area contributed by atoms with Crippen molar-refractivity contribution in [2.75, 3.05) is 24.5 Å². The Hall–Kier alpha value is -1.92. The normalized spacial score (nSPS) is 20.0. The third-order valence-electron chi connectivity index (χ3n) is 5.54. The van der Waals surface area contributed by atoms with Crippen LogP contribution in [0.3, 0.4) is 0 Å². The molecule has 28 heavy (non-hydrogen) atoms. The number of hydrogen-bond acceptors (Lipinski definition) is 5. The van der Waals surface area contributed by atoms with Gasteiger partial charge in [0, 0.05) is 30.6 Å². The summed E-state index contributed by atoms with van der Waals surface area (Å²) in [6.45, 7) is 8.96. The van der Waals surface area contributed by atoms with Crippen molar-refractivity contribution in [3.05, 3.63) is 40.3 Å². The van der Waals surface area contributed by atoms with E-state index < -0.39 is 0 Å². The molecule has 2 aliphatic heterocycles. The first kappa shape index (κ1) is 19.4. The lowest BCUT2D eigenvalue weighted by molar-refractivity contribution is -0.121. The molecule has 4 nitrogen and oxygen atoms in total. The summed E-state index contributed by atoms with van der Waals surface area (Å²) >= 11 is 6.76. The summed E-state index contributed by atoms with van der Waals surface area (Å²) in [6.07, 6.45) is 4.33. The largest absolute Gasteiger partial charge is 0.356 e. The molecule has 0 saturated carbocycles. The van der Waals surface area contributed by atoms with E-state index in [-0.39, 0.29) is 5.91 Å². The lowest BCUT2D eigenvalue weighted by atomic mass is 9.98. The molecule has 2 saturated heterocycles. The Morgan fingerprint density at radius 2 is 2.04 bits per heavy atom. The quantitative estimate of drug-likeness (QED) is 0.525. The smallest absolute Gasteiger partial charge is 0.266 e. The molecule has 0 aliphatic carbocycles. The number of thiocarbonyl (C=S) groups is 1. The standard InChI is InChI=1S/C22H25N3OS2/c1-4-25-21(26)19(28-22(25)27)13-17-12-16-11-15(3)5-6-18(16)23-20(17)24-9-7-14(2)8-10-24/h5-6,11-14H,4,7-10H2,1-3H3/b19-13-. The van der Waals surface area contributed by atoms with Gasteiger partial charge in [-0.05, 0) is 56.9 Å². The molecule has 0 bridgehead atoms. The molecular weight excluding hydrogens is 386 g/mol. The van der Waals surface area contributed by atoms with Crippen LogP contribution in [0.15, 0.2) is 29.2 Å². The SMILES string of the molecule is CCN1C(=O)/C(=C/c2cc3cc(C)ccc3nc2N2CCC(C)CC2)SC1=S. The van der Waals surface area contributed by atoms with Crippen LogP contribution in [0.25, 0.3) is 17.0 Å². The minimum atomic E-state index is 0.0000514. The minimum Gasteiger partial charge on any atom is -0.356 e. The molecule has 0 unspecified atom stereocenters. The van der Waals surface area contributed by atoms with E-state index in [1.807, 2.05) is 13.0 Å². The van der Waals surface area contributed by atoms with Crippen LogP contribution in [0.2, 0.25) is 0 Å². The number of amides is 1. The second-order valence-electron chi connectivity index (χ2n) is 7.69. The fraction of sp³-hybridized carbons (Fsp3) is 0.409. The van der Waals surface area contributed by atoms with E-state index in [9.17, 15) is 4.79 Å². The van der Waals surface area contributed by atoms with Gasteiger partial charge in [-0.1, -0.05) is 42.5 Å². The Kier molecular flexibility index (Phi) is 5.43. The van der Waals surface area contributed by atoms with Crippen LogP contribution in [-0.4, -0.2) is 39.7 Å². The lowest BCUT2D eigenvalue weighted by Gasteiger charge is -2.32. The van der Waals surface area contributed by atoms with Gasteiger partial charge in [-0.15, -0.1) is 0 Å². The fourth-order valence-corrected chi connectivity index (χ4v) is 5.17. The first-order valence-electron chi connectivity index (χ1n) is 9.88. The summed E-state index contributed by atoms with van der Waals surface area (Å²) in [4.78, 5) is 22.4. The number of anilines is 1. The highest BCUT2D eigenvalue weighted by Gasteiger charge is 2.31. The summed E-state index contributed by atoms with van der Waals surface area (Å²) in [7, 11) is 0. The van der Waals surface area contributed by atoms with Crippen LogP contribution in [0.4, 0.5) is 5.82 Å². The topological polar surface area (TPSA) is 36.4 Å². The van der Waals surface area contributed by atoms with Crippen LogP contribution in [0.5, 0.6) is 0 Å². The van der Waals surface area contributed by atoms with Crippen LogP contribution < -0.4 is 4.90 Å². The van der Waals surface area contributed by atoms with Crippen molar-refractivity contribution in [1.82, 2.24) is 9.88 Å². The second kappa shape index (κ2) is 7.84. The van der Waals surface area contributed by atoms with Crippen LogP contribution in [0.1, 0.15) is 37.8 Å². The third-order valence-corrected chi connectivity index (χ3v) is 6.92. The van der Waals surface area contributed by atoms with Crippen molar-refractivity contribution in [1.29, 1.82) is 0 Å². The maximum absolute atomic E-state index is 12.7. The Morgan fingerprint density at radius 3 is 2.71 bits per heavy atom. The van der Waals surface area contributed by atoms with Gasteiger partial charge in [0.2, 0.25) is 0 Å². The Labute approximate surface area is 176 Å². The number of carbonyl (C=O) groups excluding carboxylic acids is 1. The predicted octanol–water partition coefficient (Wildman–Crippen LogP) is 5.00. The Balaban J connectivity index is 1.81. The zero-order valence-corrected chi connectivity index (χ0v) is 18.2. The molecule has 1 amide bonds. The van der Waals surface area contributed by atoms with Crippen molar-refractivity contribution >= 4 is 57.0 Å². The molecule has 1 aromatic carbocycles. The fourth-order valence-electron chi connectivity index (χ4n) is 3.80. The number of fused-ring (bicyclic) bond motifs is 1. The van der Waals surface area contributed by atoms with Gasteiger partial charge in [-0.2, -0.15) is 0 Å². The first-order valence-corrected chi connectivity index (χ1v) is 11.1. The van der Waals surface area contributed by atoms with Gasteiger partial charge < -0.3 is 4.90 Å². The van der Waals surface area contributed by atoms with Crippen molar-refractivity contribution in [2.24, 2.45) is 5.92 Å². The number of rotatable bonds is 3. The molecule has 0 atom stereocenters. The van der Waals surface area contributed by atoms with Gasteiger partial charge in [0.05, 0.1) is 10.4 Å². The highest BCUT2D eigenvalue weighted by molar-refractivity contribution is 8.26.